The van der Waals surface area contributed by atoms with Gasteiger partial charge < -0.3 is 4.90 Å². The zero-order valence-corrected chi connectivity index (χ0v) is 15.2. The van der Waals surface area contributed by atoms with Gasteiger partial charge in [0.2, 0.25) is 15.9 Å². The molecule has 1 saturated heterocycles. The smallest absolute Gasteiger partial charge is 0.329 e. The van der Waals surface area contributed by atoms with Crippen LogP contribution in [0.3, 0.4) is 0 Å². The topological polar surface area (TPSA) is 84.6 Å². The number of para-hydroxylation sites is 2. The SMILES string of the molecule is Cn1c(=O)n(CC(=O)N2CCCN(S(C)(=O)=O)CC2)c2ccccc21. The highest BCUT2D eigenvalue weighted by atomic mass is 32.2. The Kier molecular flexibility index (Phi) is 4.70. The molecule has 0 bridgehead atoms. The van der Waals surface area contributed by atoms with E-state index in [0.717, 1.165) is 11.0 Å². The molecule has 0 unspecified atom stereocenters. The average Bonchev–Trinajstić information content (AvgIpc) is 2.77. The van der Waals surface area contributed by atoms with Gasteiger partial charge in [-0.15, -0.1) is 0 Å². The summed E-state index contributed by atoms with van der Waals surface area (Å²) in [7, 11) is -1.57. The molecule has 2 aromatic rings. The van der Waals surface area contributed by atoms with E-state index in [-0.39, 0.29) is 24.7 Å². The standard InChI is InChI=1S/C16H22N4O4S/c1-17-13-6-3-4-7-14(13)20(16(17)22)12-15(21)18-8-5-9-19(11-10-18)25(2,23)24/h3-4,6-7H,5,8-12H2,1-2H3. The van der Waals surface area contributed by atoms with Crippen LogP contribution in [0.2, 0.25) is 0 Å². The molecule has 8 nitrogen and oxygen atoms in total. The van der Waals surface area contributed by atoms with Crippen molar-refractivity contribution >= 4 is 27.0 Å². The first-order valence-corrected chi connectivity index (χ1v) is 10.0. The van der Waals surface area contributed by atoms with Crippen LogP contribution in [0, 0.1) is 0 Å². The predicted molar refractivity (Wildman–Crippen MR) is 94.8 cm³/mol. The summed E-state index contributed by atoms with van der Waals surface area (Å²) in [5, 5.41) is 0. The van der Waals surface area contributed by atoms with Crippen molar-refractivity contribution in [1.82, 2.24) is 18.3 Å². The summed E-state index contributed by atoms with van der Waals surface area (Å²) >= 11 is 0. The molecule has 3 rings (SSSR count). The molecular formula is C16H22N4O4S. The minimum atomic E-state index is -3.25. The maximum Gasteiger partial charge on any atom is 0.329 e. The van der Waals surface area contributed by atoms with E-state index in [1.807, 2.05) is 24.3 Å². The number of carbonyl (C=O) groups excluding carboxylic acids is 1. The van der Waals surface area contributed by atoms with Gasteiger partial charge in [-0.3, -0.25) is 13.9 Å². The van der Waals surface area contributed by atoms with Crippen LogP contribution >= 0.6 is 0 Å². The average molecular weight is 366 g/mol. The highest BCUT2D eigenvalue weighted by Gasteiger charge is 2.24. The van der Waals surface area contributed by atoms with E-state index in [4.69, 9.17) is 0 Å². The van der Waals surface area contributed by atoms with Crippen LogP contribution in [0.15, 0.2) is 29.1 Å². The Labute approximate surface area is 146 Å². The third-order valence-electron chi connectivity index (χ3n) is 4.62. The maximum atomic E-state index is 12.7. The summed E-state index contributed by atoms with van der Waals surface area (Å²) in [6, 6.07) is 7.34. The van der Waals surface area contributed by atoms with Gasteiger partial charge in [0.25, 0.3) is 0 Å². The van der Waals surface area contributed by atoms with Gasteiger partial charge in [-0.2, -0.15) is 0 Å². The van der Waals surface area contributed by atoms with Crippen molar-refractivity contribution in [3.8, 4) is 0 Å². The van der Waals surface area contributed by atoms with Crippen LogP contribution < -0.4 is 5.69 Å². The van der Waals surface area contributed by atoms with Crippen LogP contribution in [0.25, 0.3) is 11.0 Å². The van der Waals surface area contributed by atoms with Gasteiger partial charge in [0.15, 0.2) is 0 Å². The molecule has 0 radical (unpaired) electrons. The molecule has 2 heterocycles. The van der Waals surface area contributed by atoms with Crippen molar-refractivity contribution in [2.45, 2.75) is 13.0 Å². The number of nitrogens with zero attached hydrogens (tertiary/aromatic N) is 4. The monoisotopic (exact) mass is 366 g/mol. The Morgan fingerprint density at radius 2 is 1.76 bits per heavy atom. The lowest BCUT2D eigenvalue weighted by molar-refractivity contribution is -0.131. The molecule has 0 spiro atoms. The summed E-state index contributed by atoms with van der Waals surface area (Å²) in [6.07, 6.45) is 1.77. The van der Waals surface area contributed by atoms with Crippen molar-refractivity contribution in [1.29, 1.82) is 0 Å². The van der Waals surface area contributed by atoms with Gasteiger partial charge in [-0.1, -0.05) is 12.1 Å². The first-order chi connectivity index (χ1) is 11.8. The van der Waals surface area contributed by atoms with Crippen LogP contribution in [-0.2, 0) is 28.4 Å². The van der Waals surface area contributed by atoms with Gasteiger partial charge in [0, 0.05) is 33.2 Å². The number of sulfonamides is 1. The number of fused-ring (bicyclic) bond motifs is 1. The number of aromatic nitrogens is 2. The van der Waals surface area contributed by atoms with Crippen LogP contribution in [0.5, 0.6) is 0 Å². The Morgan fingerprint density at radius 1 is 1.08 bits per heavy atom. The number of benzene rings is 1. The lowest BCUT2D eigenvalue weighted by atomic mass is 10.3. The molecule has 136 valence electrons. The predicted octanol–water partition coefficient (Wildman–Crippen LogP) is -0.166. The summed E-state index contributed by atoms with van der Waals surface area (Å²) < 4.78 is 27.7. The van der Waals surface area contributed by atoms with Crippen molar-refractivity contribution in [3.05, 3.63) is 34.7 Å². The number of hydrogen-bond acceptors (Lipinski definition) is 4. The zero-order chi connectivity index (χ0) is 18.2. The van der Waals surface area contributed by atoms with Gasteiger partial charge in [0.05, 0.1) is 17.3 Å². The lowest BCUT2D eigenvalue weighted by Gasteiger charge is -2.21. The molecule has 0 atom stereocenters. The van der Waals surface area contributed by atoms with Gasteiger partial charge in [-0.05, 0) is 18.6 Å². The molecule has 25 heavy (non-hydrogen) atoms. The molecule has 1 aromatic carbocycles. The Balaban J connectivity index is 1.79. The second-order valence-corrected chi connectivity index (χ2v) is 8.30. The highest BCUT2D eigenvalue weighted by Crippen LogP contribution is 2.13. The first-order valence-electron chi connectivity index (χ1n) is 8.16. The van der Waals surface area contributed by atoms with E-state index in [2.05, 4.69) is 0 Å². The van der Waals surface area contributed by atoms with Crippen LogP contribution in [-0.4, -0.2) is 65.1 Å². The first kappa shape index (κ1) is 17.7. The fraction of sp³-hybridized carbons (Fsp3) is 0.500. The normalized spacial score (nSPS) is 17.0. The largest absolute Gasteiger partial charge is 0.340 e. The molecule has 1 amide bonds. The Hall–Kier alpha value is -2.13. The molecule has 9 heteroatoms. The third kappa shape index (κ3) is 3.47. The summed E-state index contributed by atoms with van der Waals surface area (Å²) in [5.74, 6) is -0.172. The second-order valence-electron chi connectivity index (χ2n) is 6.31. The Morgan fingerprint density at radius 3 is 2.44 bits per heavy atom. The molecule has 0 aliphatic carbocycles. The van der Waals surface area contributed by atoms with E-state index in [0.29, 0.717) is 26.1 Å². The van der Waals surface area contributed by atoms with Crippen molar-refractivity contribution in [2.75, 3.05) is 32.4 Å². The molecule has 1 aliphatic heterocycles. The molecule has 0 N–H and O–H groups in total. The number of carbonyl (C=O) groups is 1. The summed E-state index contributed by atoms with van der Waals surface area (Å²) in [5.41, 5.74) is 1.26. The molecule has 1 fully saturated rings. The zero-order valence-electron chi connectivity index (χ0n) is 14.4. The number of aryl methyl sites for hydroxylation is 1. The maximum absolute atomic E-state index is 12.7. The van der Waals surface area contributed by atoms with E-state index >= 15 is 0 Å². The van der Waals surface area contributed by atoms with Gasteiger partial charge >= 0.3 is 5.69 Å². The fourth-order valence-corrected chi connectivity index (χ4v) is 4.10. The van der Waals surface area contributed by atoms with Crippen molar-refractivity contribution in [3.63, 3.8) is 0 Å². The van der Waals surface area contributed by atoms with Crippen LogP contribution in [0.4, 0.5) is 0 Å². The number of imidazole rings is 1. The number of rotatable bonds is 3. The number of amides is 1. The van der Waals surface area contributed by atoms with Gasteiger partial charge in [-0.25, -0.2) is 17.5 Å². The summed E-state index contributed by atoms with van der Waals surface area (Å²) in [4.78, 5) is 26.7. The highest BCUT2D eigenvalue weighted by molar-refractivity contribution is 7.88. The third-order valence-corrected chi connectivity index (χ3v) is 5.92. The van der Waals surface area contributed by atoms with Crippen molar-refractivity contribution in [2.24, 2.45) is 7.05 Å². The van der Waals surface area contributed by atoms with Crippen molar-refractivity contribution < 1.29 is 13.2 Å². The van der Waals surface area contributed by atoms with E-state index in [9.17, 15) is 18.0 Å². The fourth-order valence-electron chi connectivity index (χ4n) is 3.23. The van der Waals surface area contributed by atoms with Crippen LogP contribution in [0.1, 0.15) is 6.42 Å². The molecule has 1 aromatic heterocycles. The molecular weight excluding hydrogens is 344 g/mol. The number of hydrogen-bond donors (Lipinski definition) is 0. The second kappa shape index (κ2) is 6.64. The quantitative estimate of drug-likeness (QED) is 0.755. The minimum absolute atomic E-state index is 0.0426. The molecule has 1 aliphatic rings. The van der Waals surface area contributed by atoms with E-state index in [1.165, 1.54) is 19.7 Å². The minimum Gasteiger partial charge on any atom is -0.340 e. The lowest BCUT2D eigenvalue weighted by Crippen LogP contribution is -2.39. The molecule has 0 saturated carbocycles. The van der Waals surface area contributed by atoms with Gasteiger partial charge in [0.1, 0.15) is 6.54 Å². The Bertz CT molecular complexity index is 960. The van der Waals surface area contributed by atoms with E-state index < -0.39 is 10.0 Å². The van der Waals surface area contributed by atoms with E-state index in [1.54, 1.807) is 11.9 Å². The summed E-state index contributed by atoms with van der Waals surface area (Å²) in [6.45, 7) is 1.49.